The summed E-state index contributed by atoms with van der Waals surface area (Å²) >= 11 is 0. The molecule has 0 aliphatic rings. The van der Waals surface area contributed by atoms with Crippen LogP contribution in [0.1, 0.15) is 5.56 Å². The largest absolute Gasteiger partial charge is 0.416 e. The highest BCUT2D eigenvalue weighted by Crippen LogP contribution is 2.30. The van der Waals surface area contributed by atoms with Crippen molar-refractivity contribution in [3.63, 3.8) is 0 Å². The SMILES string of the molecule is CNS(=O)(=O)c1c[c]cc(C(F)(F)F)c1. The Bertz CT molecular complexity index is 453. The first kappa shape index (κ1) is 12.0. The van der Waals surface area contributed by atoms with Gasteiger partial charge in [0.15, 0.2) is 0 Å². The maximum absolute atomic E-state index is 12.2. The third-order valence-electron chi connectivity index (χ3n) is 1.67. The zero-order valence-corrected chi connectivity index (χ0v) is 8.41. The van der Waals surface area contributed by atoms with Crippen LogP contribution in [0, 0.1) is 6.07 Å². The molecule has 1 aromatic carbocycles. The van der Waals surface area contributed by atoms with E-state index in [0.717, 1.165) is 13.1 Å². The van der Waals surface area contributed by atoms with E-state index < -0.39 is 26.7 Å². The summed E-state index contributed by atoms with van der Waals surface area (Å²) in [6.07, 6.45) is -4.57. The minimum absolute atomic E-state index is 0.458. The minimum Gasteiger partial charge on any atom is -0.214 e. The molecule has 1 N–H and O–H groups in total. The van der Waals surface area contributed by atoms with Crippen LogP contribution in [-0.4, -0.2) is 15.5 Å². The molecule has 0 aromatic heterocycles. The fraction of sp³-hybridized carbons (Fsp3) is 0.250. The lowest BCUT2D eigenvalue weighted by atomic mass is 10.2. The van der Waals surface area contributed by atoms with Crippen molar-refractivity contribution in [2.75, 3.05) is 7.05 Å². The van der Waals surface area contributed by atoms with Crippen molar-refractivity contribution in [3.05, 3.63) is 29.8 Å². The number of alkyl halides is 3. The summed E-state index contributed by atoms with van der Waals surface area (Å²) < 4.78 is 61.0. The Balaban J connectivity index is 3.27. The molecule has 7 heteroatoms. The molecular formula is C8H7F3NO2S. The van der Waals surface area contributed by atoms with Crippen LogP contribution in [0.4, 0.5) is 13.2 Å². The predicted octanol–water partition coefficient (Wildman–Crippen LogP) is 1.41. The van der Waals surface area contributed by atoms with Crippen LogP contribution in [0.3, 0.4) is 0 Å². The lowest BCUT2D eigenvalue weighted by Crippen LogP contribution is -2.19. The number of rotatable bonds is 2. The van der Waals surface area contributed by atoms with Crippen LogP contribution in [0.2, 0.25) is 0 Å². The molecule has 0 unspecified atom stereocenters. The van der Waals surface area contributed by atoms with Gasteiger partial charge in [0.1, 0.15) is 0 Å². The first-order valence-corrected chi connectivity index (χ1v) is 5.27. The Morgan fingerprint density at radius 3 is 2.40 bits per heavy atom. The topological polar surface area (TPSA) is 46.2 Å². The summed E-state index contributed by atoms with van der Waals surface area (Å²) in [4.78, 5) is -0.458. The molecule has 0 amide bonds. The number of sulfonamides is 1. The third-order valence-corrected chi connectivity index (χ3v) is 3.06. The molecule has 1 radical (unpaired) electrons. The van der Waals surface area contributed by atoms with Gasteiger partial charge < -0.3 is 0 Å². The van der Waals surface area contributed by atoms with Crippen LogP contribution in [0.25, 0.3) is 0 Å². The highest BCUT2D eigenvalue weighted by molar-refractivity contribution is 7.89. The molecule has 0 heterocycles. The highest BCUT2D eigenvalue weighted by Gasteiger charge is 2.31. The van der Waals surface area contributed by atoms with Crippen LogP contribution in [0.15, 0.2) is 23.1 Å². The average Bonchev–Trinajstić information content (AvgIpc) is 2.17. The average molecular weight is 238 g/mol. The van der Waals surface area contributed by atoms with Crippen molar-refractivity contribution in [1.82, 2.24) is 4.72 Å². The van der Waals surface area contributed by atoms with Gasteiger partial charge in [0.05, 0.1) is 10.5 Å². The van der Waals surface area contributed by atoms with Crippen LogP contribution in [-0.2, 0) is 16.2 Å². The Kier molecular flexibility index (Phi) is 3.05. The molecule has 0 saturated heterocycles. The van der Waals surface area contributed by atoms with Gasteiger partial charge >= 0.3 is 6.18 Å². The zero-order valence-electron chi connectivity index (χ0n) is 7.59. The highest BCUT2D eigenvalue weighted by atomic mass is 32.2. The van der Waals surface area contributed by atoms with E-state index >= 15 is 0 Å². The maximum Gasteiger partial charge on any atom is 0.416 e. The van der Waals surface area contributed by atoms with E-state index in [1.54, 1.807) is 0 Å². The molecule has 0 saturated carbocycles. The molecule has 0 atom stereocenters. The van der Waals surface area contributed by atoms with E-state index in [4.69, 9.17) is 0 Å². The molecule has 0 spiro atoms. The number of halogens is 3. The lowest BCUT2D eigenvalue weighted by Gasteiger charge is -2.08. The number of hydrogen-bond acceptors (Lipinski definition) is 2. The van der Waals surface area contributed by atoms with Gasteiger partial charge in [-0.3, -0.25) is 0 Å². The summed E-state index contributed by atoms with van der Waals surface area (Å²) in [7, 11) is -2.74. The molecule has 0 bridgehead atoms. The molecule has 1 aromatic rings. The second-order valence-corrected chi connectivity index (χ2v) is 4.55. The van der Waals surface area contributed by atoms with Gasteiger partial charge in [0.2, 0.25) is 10.0 Å². The van der Waals surface area contributed by atoms with E-state index in [0.29, 0.717) is 12.1 Å². The van der Waals surface area contributed by atoms with Gasteiger partial charge in [-0.25, -0.2) is 13.1 Å². The van der Waals surface area contributed by atoms with Crippen LogP contribution >= 0.6 is 0 Å². The molecule has 15 heavy (non-hydrogen) atoms. The molecule has 0 aliphatic heterocycles. The van der Waals surface area contributed by atoms with Crippen molar-refractivity contribution in [2.45, 2.75) is 11.1 Å². The van der Waals surface area contributed by atoms with Gasteiger partial charge in [0.25, 0.3) is 0 Å². The second kappa shape index (κ2) is 3.82. The molecule has 83 valence electrons. The van der Waals surface area contributed by atoms with E-state index in [-0.39, 0.29) is 0 Å². The molecule has 0 fully saturated rings. The van der Waals surface area contributed by atoms with Gasteiger partial charge in [0, 0.05) is 0 Å². The van der Waals surface area contributed by atoms with Crippen molar-refractivity contribution in [2.24, 2.45) is 0 Å². The molecule has 1 rings (SSSR count). The lowest BCUT2D eigenvalue weighted by molar-refractivity contribution is -0.137. The molecule has 0 aliphatic carbocycles. The minimum atomic E-state index is -4.57. The van der Waals surface area contributed by atoms with Crippen LogP contribution < -0.4 is 4.72 Å². The predicted molar refractivity (Wildman–Crippen MR) is 46.5 cm³/mol. The third kappa shape index (κ3) is 2.69. The fourth-order valence-electron chi connectivity index (χ4n) is 0.887. The number of hydrogen-bond donors (Lipinski definition) is 1. The Labute approximate surface area is 85.0 Å². The second-order valence-electron chi connectivity index (χ2n) is 2.66. The fourth-order valence-corrected chi connectivity index (χ4v) is 1.63. The monoisotopic (exact) mass is 238 g/mol. The molecular weight excluding hydrogens is 231 g/mol. The smallest absolute Gasteiger partial charge is 0.214 e. The Hall–Kier alpha value is -1.08. The van der Waals surface area contributed by atoms with Gasteiger partial charge in [-0.15, -0.1) is 0 Å². The van der Waals surface area contributed by atoms with Crippen molar-refractivity contribution < 1.29 is 21.6 Å². The van der Waals surface area contributed by atoms with Crippen molar-refractivity contribution in [1.29, 1.82) is 0 Å². The van der Waals surface area contributed by atoms with E-state index in [1.807, 2.05) is 4.72 Å². The Morgan fingerprint density at radius 1 is 1.33 bits per heavy atom. The Morgan fingerprint density at radius 2 is 1.93 bits per heavy atom. The maximum atomic E-state index is 12.2. The summed E-state index contributed by atoms with van der Waals surface area (Å²) in [5.41, 5.74) is -1.04. The first-order valence-electron chi connectivity index (χ1n) is 3.79. The van der Waals surface area contributed by atoms with Crippen molar-refractivity contribution >= 4 is 10.0 Å². The standard InChI is InChI=1S/C8H7F3NO2S/c1-12-15(13,14)7-4-2-3-6(5-7)8(9,10)11/h3-5,12H,1H3. The number of benzene rings is 1. The van der Waals surface area contributed by atoms with Gasteiger partial charge in [-0.2, -0.15) is 13.2 Å². The number of nitrogens with one attached hydrogen (secondary N) is 1. The van der Waals surface area contributed by atoms with Gasteiger partial charge in [-0.05, 0) is 31.3 Å². The molecule has 3 nitrogen and oxygen atoms in total. The van der Waals surface area contributed by atoms with Gasteiger partial charge in [-0.1, -0.05) is 0 Å². The summed E-state index contributed by atoms with van der Waals surface area (Å²) in [5, 5.41) is 0. The quantitative estimate of drug-likeness (QED) is 0.846. The summed E-state index contributed by atoms with van der Waals surface area (Å²) in [6, 6.07) is 4.36. The van der Waals surface area contributed by atoms with E-state index in [9.17, 15) is 21.6 Å². The zero-order chi connectivity index (χ0) is 11.7. The summed E-state index contributed by atoms with van der Waals surface area (Å²) in [6.45, 7) is 0. The van der Waals surface area contributed by atoms with E-state index in [2.05, 4.69) is 6.07 Å². The van der Waals surface area contributed by atoms with Crippen molar-refractivity contribution in [3.8, 4) is 0 Å². The summed E-state index contributed by atoms with van der Waals surface area (Å²) in [5.74, 6) is 0. The first-order chi connectivity index (χ1) is 6.77. The van der Waals surface area contributed by atoms with E-state index in [1.165, 1.54) is 0 Å². The van der Waals surface area contributed by atoms with Crippen LogP contribution in [0.5, 0.6) is 0 Å². The normalized spacial score (nSPS) is 12.8.